The third kappa shape index (κ3) is 4.96. The summed E-state index contributed by atoms with van der Waals surface area (Å²) in [6.07, 6.45) is 2.84. The van der Waals surface area contributed by atoms with Crippen LogP contribution in [0.3, 0.4) is 0 Å². The highest BCUT2D eigenvalue weighted by atomic mass is 32.2. The number of hydrogen-bond donors (Lipinski definition) is 2. The van der Waals surface area contributed by atoms with Crippen molar-refractivity contribution in [3.05, 3.63) is 57.5 Å². The van der Waals surface area contributed by atoms with Crippen molar-refractivity contribution in [3.63, 3.8) is 0 Å². The molecule has 0 aliphatic heterocycles. The van der Waals surface area contributed by atoms with Crippen LogP contribution in [0.1, 0.15) is 43.0 Å². The van der Waals surface area contributed by atoms with E-state index >= 15 is 0 Å². The van der Waals surface area contributed by atoms with Crippen LogP contribution >= 0.6 is 11.8 Å². The Morgan fingerprint density at radius 3 is 2.62 bits per heavy atom. The van der Waals surface area contributed by atoms with Gasteiger partial charge in [-0.25, -0.2) is 4.98 Å². The van der Waals surface area contributed by atoms with E-state index in [0.29, 0.717) is 29.3 Å². The molecule has 1 atom stereocenters. The molecule has 1 aromatic carbocycles. The van der Waals surface area contributed by atoms with Gasteiger partial charge in [-0.1, -0.05) is 61.9 Å². The van der Waals surface area contributed by atoms with E-state index in [1.807, 2.05) is 37.3 Å². The zero-order valence-electron chi connectivity index (χ0n) is 13.9. The molecule has 0 amide bonds. The first-order chi connectivity index (χ1) is 11.5. The Hall–Kier alpha value is -2.08. The van der Waals surface area contributed by atoms with Crippen LogP contribution in [0.2, 0.25) is 0 Å². The molecule has 1 heterocycles. The van der Waals surface area contributed by atoms with E-state index in [-0.39, 0.29) is 5.56 Å². The summed E-state index contributed by atoms with van der Waals surface area (Å²) in [6, 6.07) is 9.73. The van der Waals surface area contributed by atoms with Crippen LogP contribution in [0, 0.1) is 6.92 Å². The number of H-pyrrole nitrogens is 1. The molecule has 2 N–H and O–H groups in total. The molecule has 6 heteroatoms. The van der Waals surface area contributed by atoms with Crippen molar-refractivity contribution < 1.29 is 9.90 Å². The highest BCUT2D eigenvalue weighted by Crippen LogP contribution is 2.24. The molecule has 2 rings (SSSR count). The molecule has 5 nitrogen and oxygen atoms in total. The lowest BCUT2D eigenvalue weighted by Gasteiger charge is -2.12. The third-order valence-electron chi connectivity index (χ3n) is 3.77. The zero-order valence-corrected chi connectivity index (χ0v) is 14.7. The van der Waals surface area contributed by atoms with E-state index in [0.717, 1.165) is 30.2 Å². The predicted molar refractivity (Wildman–Crippen MR) is 95.6 cm³/mol. The fourth-order valence-corrected chi connectivity index (χ4v) is 3.40. The number of carboxylic acids is 1. The predicted octanol–water partition coefficient (Wildman–Crippen LogP) is 3.40. The van der Waals surface area contributed by atoms with Gasteiger partial charge < -0.3 is 10.1 Å². The van der Waals surface area contributed by atoms with E-state index in [4.69, 9.17) is 0 Å². The number of thioether (sulfide) groups is 1. The highest BCUT2D eigenvalue weighted by Gasteiger charge is 2.20. The molecule has 0 aliphatic rings. The van der Waals surface area contributed by atoms with Crippen molar-refractivity contribution in [2.24, 2.45) is 0 Å². The quantitative estimate of drug-likeness (QED) is 0.565. The van der Waals surface area contributed by atoms with Crippen molar-refractivity contribution in [2.45, 2.75) is 49.9 Å². The molecule has 24 heavy (non-hydrogen) atoms. The summed E-state index contributed by atoms with van der Waals surface area (Å²) in [5.74, 6) is -0.873. The minimum absolute atomic E-state index is 0.200. The minimum Gasteiger partial charge on any atom is -0.480 e. The molecule has 0 fully saturated rings. The van der Waals surface area contributed by atoms with Gasteiger partial charge in [-0.3, -0.25) is 9.59 Å². The van der Waals surface area contributed by atoms with Crippen molar-refractivity contribution in [1.29, 1.82) is 0 Å². The summed E-state index contributed by atoms with van der Waals surface area (Å²) < 4.78 is 0. The summed E-state index contributed by atoms with van der Waals surface area (Å²) >= 11 is 1.11. The maximum absolute atomic E-state index is 12.4. The smallest absolute Gasteiger partial charge is 0.317 e. The second-order valence-electron chi connectivity index (χ2n) is 5.68. The number of aromatic nitrogens is 2. The molecule has 0 bridgehead atoms. The SMILES string of the molecule is CCCC[C@H](Sc1nc(C)c(Cc2ccccc2)c(=O)[nH]1)C(=O)O. The van der Waals surface area contributed by atoms with E-state index in [1.165, 1.54) is 0 Å². The lowest BCUT2D eigenvalue weighted by molar-refractivity contribution is -0.136. The molecule has 2 aromatic rings. The molecule has 1 aromatic heterocycles. The van der Waals surface area contributed by atoms with Crippen molar-refractivity contribution in [2.75, 3.05) is 0 Å². The molecule has 0 unspecified atom stereocenters. The number of carboxylic acid groups (broad SMARTS) is 1. The zero-order chi connectivity index (χ0) is 17.5. The second kappa shape index (κ2) is 8.68. The van der Waals surface area contributed by atoms with Crippen molar-refractivity contribution in [1.82, 2.24) is 9.97 Å². The van der Waals surface area contributed by atoms with Gasteiger partial charge in [0.15, 0.2) is 5.16 Å². The minimum atomic E-state index is -0.873. The van der Waals surface area contributed by atoms with Gasteiger partial charge in [-0.2, -0.15) is 0 Å². The average molecular weight is 346 g/mol. The Morgan fingerprint density at radius 1 is 1.33 bits per heavy atom. The number of unbranched alkanes of at least 4 members (excludes halogenated alkanes) is 1. The van der Waals surface area contributed by atoms with E-state index in [2.05, 4.69) is 9.97 Å². The molecule has 0 saturated heterocycles. The van der Waals surface area contributed by atoms with Gasteiger partial charge >= 0.3 is 5.97 Å². The summed E-state index contributed by atoms with van der Waals surface area (Å²) in [4.78, 5) is 30.9. The average Bonchev–Trinajstić information content (AvgIpc) is 2.55. The maximum atomic E-state index is 12.4. The molecule has 128 valence electrons. The summed E-state index contributed by atoms with van der Waals surface area (Å²) in [5.41, 5.74) is 2.10. The fraction of sp³-hybridized carbons (Fsp3) is 0.389. The largest absolute Gasteiger partial charge is 0.480 e. The lowest BCUT2D eigenvalue weighted by Crippen LogP contribution is -2.21. The number of aliphatic carboxylic acids is 1. The molecule has 0 aliphatic carbocycles. The van der Waals surface area contributed by atoms with Crippen LogP contribution < -0.4 is 5.56 Å². The molecule has 0 radical (unpaired) electrons. The van der Waals surface area contributed by atoms with E-state index < -0.39 is 11.2 Å². The first-order valence-electron chi connectivity index (χ1n) is 8.04. The highest BCUT2D eigenvalue weighted by molar-refractivity contribution is 8.00. The van der Waals surface area contributed by atoms with Gasteiger partial charge in [-0.05, 0) is 18.9 Å². The van der Waals surface area contributed by atoms with Crippen LogP contribution in [0.5, 0.6) is 0 Å². The normalized spacial score (nSPS) is 12.1. The molecular formula is C18H22N2O3S. The Labute approximate surface area is 145 Å². The Balaban J connectivity index is 2.19. The van der Waals surface area contributed by atoms with Gasteiger partial charge in [0.05, 0.1) is 0 Å². The summed E-state index contributed by atoms with van der Waals surface area (Å²) in [6.45, 7) is 3.81. The van der Waals surface area contributed by atoms with Crippen LogP contribution in [0.25, 0.3) is 0 Å². The first kappa shape index (κ1) is 18.3. The number of aryl methyl sites for hydroxylation is 1. The van der Waals surface area contributed by atoms with Crippen LogP contribution in [0.4, 0.5) is 0 Å². The molecule has 0 saturated carbocycles. The number of nitrogens with one attached hydrogen (secondary N) is 1. The lowest BCUT2D eigenvalue weighted by atomic mass is 10.1. The Bertz CT molecular complexity index is 744. The van der Waals surface area contributed by atoms with Crippen molar-refractivity contribution in [3.8, 4) is 0 Å². The summed E-state index contributed by atoms with van der Waals surface area (Å²) in [5, 5.41) is 9.09. The van der Waals surface area contributed by atoms with Gasteiger partial charge in [0.25, 0.3) is 5.56 Å². The fourth-order valence-electron chi connectivity index (χ4n) is 2.41. The number of benzene rings is 1. The first-order valence-corrected chi connectivity index (χ1v) is 8.92. The topological polar surface area (TPSA) is 83.0 Å². The van der Waals surface area contributed by atoms with Gasteiger partial charge in [0.2, 0.25) is 0 Å². The van der Waals surface area contributed by atoms with Crippen molar-refractivity contribution >= 4 is 17.7 Å². The van der Waals surface area contributed by atoms with Crippen LogP contribution in [-0.4, -0.2) is 26.3 Å². The number of aromatic amines is 1. The van der Waals surface area contributed by atoms with Crippen LogP contribution in [0.15, 0.2) is 40.3 Å². The molecule has 0 spiro atoms. The Morgan fingerprint density at radius 2 is 2.04 bits per heavy atom. The van der Waals surface area contributed by atoms with Gasteiger partial charge in [-0.15, -0.1) is 0 Å². The monoisotopic (exact) mass is 346 g/mol. The van der Waals surface area contributed by atoms with Crippen LogP contribution in [-0.2, 0) is 11.2 Å². The van der Waals surface area contributed by atoms with Gasteiger partial charge in [0, 0.05) is 17.7 Å². The number of rotatable bonds is 8. The molecular weight excluding hydrogens is 324 g/mol. The van der Waals surface area contributed by atoms with Gasteiger partial charge in [0.1, 0.15) is 5.25 Å². The summed E-state index contributed by atoms with van der Waals surface area (Å²) in [7, 11) is 0. The third-order valence-corrected chi connectivity index (χ3v) is 4.91. The maximum Gasteiger partial charge on any atom is 0.317 e. The number of hydrogen-bond acceptors (Lipinski definition) is 4. The van der Waals surface area contributed by atoms with E-state index in [1.54, 1.807) is 6.92 Å². The van der Waals surface area contributed by atoms with E-state index in [9.17, 15) is 14.7 Å². The Kier molecular flexibility index (Phi) is 6.61. The second-order valence-corrected chi connectivity index (χ2v) is 6.88. The number of carbonyl (C=O) groups is 1. The number of nitrogens with zero attached hydrogens (tertiary/aromatic N) is 1. The standard InChI is InChI=1S/C18H22N2O3S/c1-3-4-10-15(17(22)23)24-18-19-12(2)14(16(21)20-18)11-13-8-6-5-7-9-13/h5-9,15H,3-4,10-11H2,1-2H3,(H,22,23)(H,19,20,21)/t15-/m0/s1.